The van der Waals surface area contributed by atoms with Gasteiger partial charge in [-0.15, -0.1) is 11.3 Å². The van der Waals surface area contributed by atoms with Crippen molar-refractivity contribution < 1.29 is 9.53 Å². The number of benzene rings is 1. The second-order valence-corrected chi connectivity index (χ2v) is 6.80. The SMILES string of the molecule is COC(=O)C(=CN(C)C)N(C)c1nc(-c2ccc(Br)cc2)cs1. The molecule has 0 saturated carbocycles. The zero-order valence-corrected chi connectivity index (χ0v) is 15.8. The average Bonchev–Trinajstić information content (AvgIpc) is 3.01. The van der Waals surface area contributed by atoms with Crippen molar-refractivity contribution in [1.29, 1.82) is 0 Å². The van der Waals surface area contributed by atoms with Gasteiger partial charge in [0.1, 0.15) is 5.70 Å². The van der Waals surface area contributed by atoms with Crippen LogP contribution in [-0.2, 0) is 9.53 Å². The topological polar surface area (TPSA) is 45.7 Å². The van der Waals surface area contributed by atoms with Crippen LogP contribution in [0.3, 0.4) is 0 Å². The molecule has 5 nitrogen and oxygen atoms in total. The Labute approximate surface area is 148 Å². The Kier molecular flexibility index (Phi) is 5.79. The van der Waals surface area contributed by atoms with Gasteiger partial charge in [0.05, 0.1) is 12.8 Å². The summed E-state index contributed by atoms with van der Waals surface area (Å²) in [4.78, 5) is 20.1. The predicted molar refractivity (Wildman–Crippen MR) is 97.4 cm³/mol. The van der Waals surface area contributed by atoms with Gasteiger partial charge in [-0.05, 0) is 12.1 Å². The number of hydrogen-bond acceptors (Lipinski definition) is 6. The lowest BCUT2D eigenvalue weighted by molar-refractivity contribution is -0.136. The molecule has 7 heteroatoms. The van der Waals surface area contributed by atoms with Gasteiger partial charge in [-0.2, -0.15) is 0 Å². The number of likely N-dealkylation sites (N-methyl/N-ethyl adjacent to an activating group) is 1. The summed E-state index contributed by atoms with van der Waals surface area (Å²) in [6, 6.07) is 7.95. The van der Waals surface area contributed by atoms with Crippen molar-refractivity contribution >= 4 is 38.4 Å². The molecule has 2 rings (SSSR count). The zero-order valence-electron chi connectivity index (χ0n) is 13.4. The van der Waals surface area contributed by atoms with Gasteiger partial charge < -0.3 is 14.5 Å². The van der Waals surface area contributed by atoms with E-state index in [0.29, 0.717) is 5.70 Å². The Morgan fingerprint density at radius 2 is 1.91 bits per heavy atom. The molecule has 0 aliphatic heterocycles. The molecule has 0 radical (unpaired) electrons. The lowest BCUT2D eigenvalue weighted by atomic mass is 10.2. The molecule has 0 saturated heterocycles. The summed E-state index contributed by atoms with van der Waals surface area (Å²) in [6.07, 6.45) is 1.71. The molecule has 0 fully saturated rings. The second-order valence-electron chi connectivity index (χ2n) is 5.05. The number of esters is 1. The van der Waals surface area contributed by atoms with Gasteiger partial charge in [-0.1, -0.05) is 28.1 Å². The Balaban J connectivity index is 2.30. The molecule has 0 aliphatic rings. The monoisotopic (exact) mass is 395 g/mol. The first kappa shape index (κ1) is 17.5. The highest BCUT2D eigenvalue weighted by atomic mass is 79.9. The largest absolute Gasteiger partial charge is 0.464 e. The van der Waals surface area contributed by atoms with E-state index >= 15 is 0 Å². The average molecular weight is 396 g/mol. The number of anilines is 1. The quantitative estimate of drug-likeness (QED) is 0.571. The van der Waals surface area contributed by atoms with Crippen LogP contribution in [0, 0.1) is 0 Å². The molecule has 1 aromatic heterocycles. The number of nitrogens with zero attached hydrogens (tertiary/aromatic N) is 3. The highest BCUT2D eigenvalue weighted by molar-refractivity contribution is 9.10. The van der Waals surface area contributed by atoms with Crippen molar-refractivity contribution in [1.82, 2.24) is 9.88 Å². The van der Waals surface area contributed by atoms with E-state index in [1.54, 1.807) is 23.0 Å². The molecule has 0 unspecified atom stereocenters. The fourth-order valence-electron chi connectivity index (χ4n) is 1.90. The van der Waals surface area contributed by atoms with Gasteiger partial charge in [0.15, 0.2) is 5.13 Å². The maximum atomic E-state index is 12.0. The van der Waals surface area contributed by atoms with Crippen LogP contribution in [0.4, 0.5) is 5.13 Å². The summed E-state index contributed by atoms with van der Waals surface area (Å²) in [7, 11) is 6.88. The Hall–Kier alpha value is -1.86. The first-order valence-corrected chi connectivity index (χ1v) is 8.51. The first-order chi connectivity index (χ1) is 10.9. The molecule has 1 heterocycles. The highest BCUT2D eigenvalue weighted by Gasteiger charge is 2.19. The molecule has 122 valence electrons. The van der Waals surface area contributed by atoms with Gasteiger partial charge >= 0.3 is 5.97 Å². The molecule has 0 aliphatic carbocycles. The van der Waals surface area contributed by atoms with Crippen LogP contribution in [0.2, 0.25) is 0 Å². The highest BCUT2D eigenvalue weighted by Crippen LogP contribution is 2.29. The van der Waals surface area contributed by atoms with Crippen molar-refractivity contribution in [2.24, 2.45) is 0 Å². The Morgan fingerprint density at radius 1 is 1.26 bits per heavy atom. The smallest absolute Gasteiger partial charge is 0.356 e. The number of halogens is 1. The molecule has 0 atom stereocenters. The third-order valence-corrected chi connectivity index (χ3v) is 4.50. The molecular formula is C16H18BrN3O2S. The third kappa shape index (κ3) is 4.33. The summed E-state index contributed by atoms with van der Waals surface area (Å²) in [5, 5.41) is 2.70. The van der Waals surface area contributed by atoms with Gasteiger partial charge in [0.25, 0.3) is 0 Å². The molecule has 0 spiro atoms. The number of carbonyl (C=O) groups excluding carboxylic acids is 1. The number of aromatic nitrogens is 1. The Morgan fingerprint density at radius 3 is 2.48 bits per heavy atom. The molecule has 1 aromatic carbocycles. The lowest BCUT2D eigenvalue weighted by Crippen LogP contribution is -2.26. The van der Waals surface area contributed by atoms with E-state index in [-0.39, 0.29) is 0 Å². The fraction of sp³-hybridized carbons (Fsp3) is 0.250. The van der Waals surface area contributed by atoms with Crippen molar-refractivity contribution in [3.8, 4) is 11.3 Å². The van der Waals surface area contributed by atoms with E-state index in [9.17, 15) is 4.79 Å². The van der Waals surface area contributed by atoms with Crippen molar-refractivity contribution in [2.45, 2.75) is 0 Å². The minimum Gasteiger partial charge on any atom is -0.464 e. The van der Waals surface area contributed by atoms with E-state index in [2.05, 4.69) is 20.9 Å². The van der Waals surface area contributed by atoms with Crippen molar-refractivity contribution in [3.63, 3.8) is 0 Å². The Bertz CT molecular complexity index is 710. The number of methoxy groups -OCH3 is 1. The molecule has 0 amide bonds. The summed E-state index contributed by atoms with van der Waals surface area (Å²) in [6.45, 7) is 0. The van der Waals surface area contributed by atoms with Crippen molar-refractivity contribution in [2.75, 3.05) is 33.2 Å². The lowest BCUT2D eigenvalue weighted by Gasteiger charge is -2.19. The molecular weight excluding hydrogens is 378 g/mol. The zero-order chi connectivity index (χ0) is 17.0. The number of rotatable bonds is 5. The second kappa shape index (κ2) is 7.61. The van der Waals surface area contributed by atoms with Crippen LogP contribution >= 0.6 is 27.3 Å². The van der Waals surface area contributed by atoms with Gasteiger partial charge in [0.2, 0.25) is 0 Å². The van der Waals surface area contributed by atoms with Crippen LogP contribution in [-0.4, -0.2) is 44.1 Å². The van der Waals surface area contributed by atoms with E-state index in [0.717, 1.165) is 20.9 Å². The number of thiazole rings is 1. The predicted octanol–water partition coefficient (Wildman–Crippen LogP) is 3.58. The minimum absolute atomic E-state index is 0.401. The van der Waals surface area contributed by atoms with E-state index in [1.807, 2.05) is 43.7 Å². The normalized spacial score (nSPS) is 11.3. The fourth-order valence-corrected chi connectivity index (χ4v) is 2.98. The van der Waals surface area contributed by atoms with Crippen LogP contribution in [0.15, 0.2) is 46.0 Å². The summed E-state index contributed by atoms with van der Waals surface area (Å²) in [5.74, 6) is -0.401. The van der Waals surface area contributed by atoms with Crippen LogP contribution < -0.4 is 4.90 Å². The maximum Gasteiger partial charge on any atom is 0.356 e. The summed E-state index contributed by atoms with van der Waals surface area (Å²) >= 11 is 4.90. The van der Waals surface area contributed by atoms with E-state index in [4.69, 9.17) is 4.74 Å². The van der Waals surface area contributed by atoms with Crippen LogP contribution in [0.25, 0.3) is 11.3 Å². The third-order valence-electron chi connectivity index (χ3n) is 3.06. The van der Waals surface area contributed by atoms with E-state index < -0.39 is 5.97 Å². The van der Waals surface area contributed by atoms with Crippen molar-refractivity contribution in [3.05, 3.63) is 46.0 Å². The maximum absolute atomic E-state index is 12.0. The van der Waals surface area contributed by atoms with Crippen LogP contribution in [0.5, 0.6) is 0 Å². The molecule has 2 aromatic rings. The van der Waals surface area contributed by atoms with Gasteiger partial charge in [-0.25, -0.2) is 9.78 Å². The molecule has 23 heavy (non-hydrogen) atoms. The standard InChI is InChI=1S/C16H18BrN3O2S/c1-19(2)9-14(15(21)22-4)20(3)16-18-13(10-23-16)11-5-7-12(17)8-6-11/h5-10H,1-4H3. The summed E-state index contributed by atoms with van der Waals surface area (Å²) < 4.78 is 5.88. The minimum atomic E-state index is -0.401. The van der Waals surface area contributed by atoms with Gasteiger partial charge in [-0.3, -0.25) is 0 Å². The first-order valence-electron chi connectivity index (χ1n) is 6.84. The summed E-state index contributed by atoms with van der Waals surface area (Å²) in [5.41, 5.74) is 2.33. The molecule has 0 N–H and O–H groups in total. The number of carbonyl (C=O) groups is 1. The number of hydrogen-bond donors (Lipinski definition) is 0. The van der Waals surface area contributed by atoms with Crippen LogP contribution in [0.1, 0.15) is 0 Å². The van der Waals surface area contributed by atoms with Gasteiger partial charge in [0, 0.05) is 42.8 Å². The van der Waals surface area contributed by atoms with E-state index in [1.165, 1.54) is 18.4 Å². The number of ether oxygens (including phenoxy) is 1. The molecule has 0 bridgehead atoms.